The molecular formula is C28H24N2O5. The average Bonchev–Trinajstić information content (AvgIpc) is 3.37. The number of ether oxygens (including phenoxy) is 1. The van der Waals surface area contributed by atoms with Crippen molar-refractivity contribution in [3.63, 3.8) is 0 Å². The largest absolute Gasteiger partial charge is 0.426 e. The van der Waals surface area contributed by atoms with Crippen LogP contribution < -0.4 is 14.5 Å². The summed E-state index contributed by atoms with van der Waals surface area (Å²) in [7, 11) is 0. The van der Waals surface area contributed by atoms with Gasteiger partial charge in [0.2, 0.25) is 5.91 Å². The number of fused-ring (bicyclic) bond motifs is 1. The first-order valence-corrected chi connectivity index (χ1v) is 11.6. The summed E-state index contributed by atoms with van der Waals surface area (Å²) in [6.45, 7) is 4.04. The van der Waals surface area contributed by atoms with Crippen molar-refractivity contribution in [2.45, 2.75) is 26.7 Å². The van der Waals surface area contributed by atoms with E-state index in [1.165, 1.54) is 0 Å². The number of aryl methyl sites for hydroxylation is 2. The van der Waals surface area contributed by atoms with E-state index >= 15 is 0 Å². The van der Waals surface area contributed by atoms with E-state index in [1.54, 1.807) is 54.3 Å². The van der Waals surface area contributed by atoms with Gasteiger partial charge in [0.1, 0.15) is 5.75 Å². The Kier molecular flexibility index (Phi) is 5.68. The van der Waals surface area contributed by atoms with Gasteiger partial charge in [-0.1, -0.05) is 37.3 Å². The van der Waals surface area contributed by atoms with Gasteiger partial charge in [0, 0.05) is 18.7 Å². The first kappa shape index (κ1) is 22.5. The van der Waals surface area contributed by atoms with Gasteiger partial charge in [-0.25, -0.2) is 4.90 Å². The minimum absolute atomic E-state index is 0.0863. The van der Waals surface area contributed by atoms with Crippen LogP contribution in [0.1, 0.15) is 45.2 Å². The van der Waals surface area contributed by atoms with E-state index in [-0.39, 0.29) is 30.7 Å². The Hall–Kier alpha value is -4.26. The number of nitrogens with zero attached hydrogens (tertiary/aromatic N) is 2. The number of carbonyl (C=O) groups excluding carboxylic acids is 4. The highest BCUT2D eigenvalue weighted by atomic mass is 16.5. The maximum atomic E-state index is 12.9. The second kappa shape index (κ2) is 8.83. The highest BCUT2D eigenvalue weighted by Gasteiger charge is 2.38. The normalized spacial score (nSPS) is 17.2. The van der Waals surface area contributed by atoms with E-state index in [9.17, 15) is 19.2 Å². The van der Waals surface area contributed by atoms with E-state index in [4.69, 9.17) is 4.74 Å². The molecule has 3 aromatic rings. The van der Waals surface area contributed by atoms with Crippen molar-refractivity contribution >= 4 is 35.1 Å². The molecule has 0 radical (unpaired) electrons. The number of anilines is 2. The van der Waals surface area contributed by atoms with Crippen LogP contribution in [0, 0.1) is 12.8 Å². The third-order valence-electron chi connectivity index (χ3n) is 6.54. The van der Waals surface area contributed by atoms with Crippen LogP contribution in [0.4, 0.5) is 11.4 Å². The molecule has 35 heavy (non-hydrogen) atoms. The molecule has 5 rings (SSSR count). The number of amides is 3. The number of rotatable bonds is 5. The van der Waals surface area contributed by atoms with E-state index in [2.05, 4.69) is 0 Å². The van der Waals surface area contributed by atoms with Crippen LogP contribution in [0.25, 0.3) is 0 Å². The molecule has 0 N–H and O–H groups in total. The Morgan fingerprint density at radius 3 is 2.23 bits per heavy atom. The van der Waals surface area contributed by atoms with Gasteiger partial charge in [0.15, 0.2) is 0 Å². The van der Waals surface area contributed by atoms with Gasteiger partial charge >= 0.3 is 5.97 Å². The Labute approximate surface area is 202 Å². The van der Waals surface area contributed by atoms with Gasteiger partial charge in [-0.15, -0.1) is 0 Å². The molecule has 0 aliphatic carbocycles. The fourth-order valence-corrected chi connectivity index (χ4v) is 4.72. The Balaban J connectivity index is 1.31. The van der Waals surface area contributed by atoms with Crippen LogP contribution in [0.5, 0.6) is 5.75 Å². The minimum Gasteiger partial charge on any atom is -0.426 e. The van der Waals surface area contributed by atoms with Gasteiger partial charge in [0.05, 0.1) is 22.7 Å². The second-order valence-electron chi connectivity index (χ2n) is 8.75. The number of carbonyl (C=O) groups is 4. The lowest BCUT2D eigenvalue weighted by atomic mass is 10.1. The van der Waals surface area contributed by atoms with Gasteiger partial charge < -0.3 is 9.64 Å². The van der Waals surface area contributed by atoms with Gasteiger partial charge in [-0.05, 0) is 60.9 Å². The third-order valence-corrected chi connectivity index (χ3v) is 6.54. The molecule has 1 fully saturated rings. The molecule has 0 bridgehead atoms. The topological polar surface area (TPSA) is 84.0 Å². The third kappa shape index (κ3) is 3.89. The summed E-state index contributed by atoms with van der Waals surface area (Å²) in [5.74, 6) is -1.63. The molecule has 0 saturated carbocycles. The predicted octanol–water partition coefficient (Wildman–Crippen LogP) is 4.32. The van der Waals surface area contributed by atoms with E-state index in [1.807, 2.05) is 31.2 Å². The fraction of sp³-hybridized carbons (Fsp3) is 0.214. The monoisotopic (exact) mass is 468 g/mol. The lowest BCUT2D eigenvalue weighted by Crippen LogP contribution is -2.30. The van der Waals surface area contributed by atoms with Crippen LogP contribution in [0.2, 0.25) is 0 Å². The zero-order valence-electron chi connectivity index (χ0n) is 19.5. The molecule has 176 valence electrons. The maximum Gasteiger partial charge on any atom is 0.316 e. The number of para-hydroxylation sites is 1. The Morgan fingerprint density at radius 2 is 1.57 bits per heavy atom. The number of esters is 1. The first-order chi connectivity index (χ1) is 16.9. The summed E-state index contributed by atoms with van der Waals surface area (Å²) in [5.41, 5.74) is 3.67. The van der Waals surface area contributed by atoms with Crippen LogP contribution in [0.15, 0.2) is 66.7 Å². The Morgan fingerprint density at radius 1 is 0.914 bits per heavy atom. The number of imide groups is 1. The van der Waals surface area contributed by atoms with E-state index in [0.717, 1.165) is 22.6 Å². The van der Waals surface area contributed by atoms with Gasteiger partial charge in [-0.2, -0.15) is 0 Å². The van der Waals surface area contributed by atoms with Crippen molar-refractivity contribution in [2.75, 3.05) is 16.3 Å². The SMILES string of the molecule is CCc1ccccc1N1C[C@@H](C(=O)Oc2ccc(N3C(=O)c4ccccc4C3=O)c(C)c2)CC1=O. The number of benzene rings is 3. The number of hydrogen-bond acceptors (Lipinski definition) is 5. The van der Waals surface area contributed by atoms with Crippen molar-refractivity contribution in [2.24, 2.45) is 5.92 Å². The lowest BCUT2D eigenvalue weighted by molar-refractivity contribution is -0.139. The fourth-order valence-electron chi connectivity index (χ4n) is 4.72. The average molecular weight is 469 g/mol. The van der Waals surface area contributed by atoms with E-state index in [0.29, 0.717) is 28.1 Å². The Bertz CT molecular complexity index is 1340. The van der Waals surface area contributed by atoms with Crippen molar-refractivity contribution < 1.29 is 23.9 Å². The summed E-state index contributed by atoms with van der Waals surface area (Å²) in [6, 6.07) is 19.2. The second-order valence-corrected chi connectivity index (χ2v) is 8.75. The molecule has 7 heteroatoms. The molecule has 1 saturated heterocycles. The molecule has 3 amide bonds. The molecular weight excluding hydrogens is 444 g/mol. The molecule has 1 atom stereocenters. The van der Waals surface area contributed by atoms with Crippen molar-refractivity contribution in [3.8, 4) is 5.75 Å². The van der Waals surface area contributed by atoms with Crippen molar-refractivity contribution in [1.29, 1.82) is 0 Å². The van der Waals surface area contributed by atoms with Crippen LogP contribution in [-0.2, 0) is 16.0 Å². The van der Waals surface area contributed by atoms with Gasteiger partial charge in [0.25, 0.3) is 11.8 Å². The highest BCUT2D eigenvalue weighted by Crippen LogP contribution is 2.33. The standard InChI is InChI=1S/C28H24N2O5/c1-3-18-8-4-7-11-24(18)29-16-19(15-25(29)31)28(34)35-20-12-13-23(17(2)14-20)30-26(32)21-9-5-6-10-22(21)27(30)33/h4-14,19H,3,15-16H2,1-2H3/t19-/m0/s1. The summed E-state index contributed by atoms with van der Waals surface area (Å²) in [5, 5.41) is 0. The molecule has 0 aromatic heterocycles. The van der Waals surface area contributed by atoms with Crippen LogP contribution in [0.3, 0.4) is 0 Å². The predicted molar refractivity (Wildman–Crippen MR) is 131 cm³/mol. The molecule has 2 aliphatic heterocycles. The summed E-state index contributed by atoms with van der Waals surface area (Å²) in [4.78, 5) is 53.9. The summed E-state index contributed by atoms with van der Waals surface area (Å²) in [6.07, 6.45) is 0.872. The highest BCUT2D eigenvalue weighted by molar-refractivity contribution is 6.34. The van der Waals surface area contributed by atoms with Gasteiger partial charge in [-0.3, -0.25) is 19.2 Å². The first-order valence-electron chi connectivity index (χ1n) is 11.6. The zero-order valence-corrected chi connectivity index (χ0v) is 19.5. The molecule has 3 aromatic carbocycles. The minimum atomic E-state index is -0.580. The smallest absolute Gasteiger partial charge is 0.316 e. The molecule has 2 aliphatic rings. The van der Waals surface area contributed by atoms with Crippen molar-refractivity contribution in [1.82, 2.24) is 0 Å². The van der Waals surface area contributed by atoms with Crippen LogP contribution in [-0.4, -0.2) is 30.2 Å². The summed E-state index contributed by atoms with van der Waals surface area (Å²) < 4.78 is 5.60. The molecule has 0 unspecified atom stereocenters. The molecule has 2 heterocycles. The number of hydrogen-bond donors (Lipinski definition) is 0. The summed E-state index contributed by atoms with van der Waals surface area (Å²) >= 11 is 0. The molecule has 7 nitrogen and oxygen atoms in total. The van der Waals surface area contributed by atoms with Crippen molar-refractivity contribution in [3.05, 3.63) is 89.0 Å². The zero-order chi connectivity index (χ0) is 24.7. The maximum absolute atomic E-state index is 12.9. The van der Waals surface area contributed by atoms with E-state index < -0.39 is 11.9 Å². The quantitative estimate of drug-likeness (QED) is 0.316. The van der Waals surface area contributed by atoms with Crippen LogP contribution >= 0.6 is 0 Å². The molecule has 0 spiro atoms. The lowest BCUT2D eigenvalue weighted by Gasteiger charge is -2.20.